The van der Waals surface area contributed by atoms with Crippen LogP contribution in [0.2, 0.25) is 0 Å². The molecule has 0 radical (unpaired) electrons. The van der Waals surface area contributed by atoms with E-state index < -0.39 is 0 Å². The molecule has 0 saturated heterocycles. The van der Waals surface area contributed by atoms with Crippen molar-refractivity contribution in [3.05, 3.63) is 243 Å². The van der Waals surface area contributed by atoms with E-state index in [1.54, 1.807) is 0 Å². The number of rotatable bonds is 8. The minimum atomic E-state index is -0.119. The molecule has 5 heterocycles. The van der Waals surface area contributed by atoms with Crippen molar-refractivity contribution in [2.24, 2.45) is 7.05 Å². The Morgan fingerprint density at radius 1 is 0.533 bits per heavy atom. The van der Waals surface area contributed by atoms with Crippen LogP contribution in [0.4, 0.5) is 0 Å². The van der Waals surface area contributed by atoms with Gasteiger partial charge in [0.25, 0.3) is 6.33 Å². The zero-order chi connectivity index (χ0) is 49.7. The molecule has 0 atom stereocenters. The molecule has 0 aliphatic rings. The molecule has 0 saturated carbocycles. The predicted octanol–water partition coefficient (Wildman–Crippen LogP) is 15.8. The number of pyridine rings is 1. The van der Waals surface area contributed by atoms with E-state index in [1.807, 2.05) is 41.2 Å². The molecule has 0 amide bonds. The molecule has 5 aromatic heterocycles. The Kier molecular flexibility index (Phi) is 11.1. The summed E-state index contributed by atoms with van der Waals surface area (Å²) in [5.41, 5.74) is 15.0. The van der Waals surface area contributed by atoms with Crippen LogP contribution < -0.4 is 9.30 Å². The van der Waals surface area contributed by atoms with E-state index >= 15 is 0 Å². The molecule has 0 unspecified atom stereocenters. The van der Waals surface area contributed by atoms with Gasteiger partial charge in [-0.1, -0.05) is 160 Å². The Bertz CT molecular complexity index is 4440. The third-order valence-corrected chi connectivity index (χ3v) is 14.7. The zero-order valence-electron chi connectivity index (χ0n) is 41.7. The number of nitrogens with zero attached hydrogens (tertiary/aromatic N) is 6. The van der Waals surface area contributed by atoms with Gasteiger partial charge in [-0.2, -0.15) is 18.2 Å². The summed E-state index contributed by atoms with van der Waals surface area (Å²) in [6.07, 6.45) is 9.65. The van der Waals surface area contributed by atoms with Gasteiger partial charge in [0.1, 0.15) is 5.82 Å². The molecule has 0 fully saturated rings. The second-order valence-corrected chi connectivity index (χ2v) is 20.1. The van der Waals surface area contributed by atoms with E-state index in [1.165, 1.54) is 32.6 Å². The molecule has 0 N–H and O–H groups in total. The number of imidazole rings is 1. The Labute approximate surface area is 449 Å². The van der Waals surface area contributed by atoms with Crippen molar-refractivity contribution in [1.29, 1.82) is 0 Å². The third kappa shape index (κ3) is 7.44. The number of hydrogen-bond donors (Lipinski definition) is 0. The molecule has 8 heteroatoms. The normalized spacial score (nSPS) is 11.9. The number of hydrogen-bond acceptors (Lipinski definition) is 2. The summed E-state index contributed by atoms with van der Waals surface area (Å²) >= 11 is 0. The Morgan fingerprint density at radius 3 is 1.85 bits per heavy atom. The van der Waals surface area contributed by atoms with Gasteiger partial charge < -0.3 is 23.0 Å². The second-order valence-electron chi connectivity index (χ2n) is 20.1. The van der Waals surface area contributed by atoms with Crippen molar-refractivity contribution >= 4 is 65.4 Å². The van der Waals surface area contributed by atoms with Crippen LogP contribution in [-0.2, 0) is 33.5 Å². The monoisotopic (exact) mass is 1150 g/mol. The molecule has 0 aliphatic heterocycles. The van der Waals surface area contributed by atoms with Crippen LogP contribution in [-0.4, -0.2) is 23.3 Å². The van der Waals surface area contributed by atoms with Gasteiger partial charge in [-0.3, -0.25) is 4.57 Å². The van der Waals surface area contributed by atoms with Crippen molar-refractivity contribution in [2.75, 3.05) is 0 Å². The van der Waals surface area contributed by atoms with Gasteiger partial charge >= 0.3 is 0 Å². The van der Waals surface area contributed by atoms with Gasteiger partial charge in [-0.25, -0.2) is 4.98 Å². The summed E-state index contributed by atoms with van der Waals surface area (Å²) < 4.78 is 18.0. The van der Waals surface area contributed by atoms with Crippen LogP contribution in [0.3, 0.4) is 0 Å². The van der Waals surface area contributed by atoms with Gasteiger partial charge in [0.15, 0.2) is 0 Å². The zero-order valence-corrected chi connectivity index (χ0v) is 44.0. The molecular formula is C67H48N6OPt-2. The summed E-state index contributed by atoms with van der Waals surface area (Å²) in [5.74, 6) is 1.94. The number of para-hydroxylation sites is 4. The van der Waals surface area contributed by atoms with E-state index in [2.05, 4.69) is 247 Å². The molecule has 14 aromatic rings. The Balaban J connectivity index is 0.00000541. The Hall–Kier alpha value is -8.77. The molecule has 7 nitrogen and oxygen atoms in total. The predicted molar refractivity (Wildman–Crippen MR) is 300 cm³/mol. The van der Waals surface area contributed by atoms with Gasteiger partial charge in [0, 0.05) is 91.0 Å². The molecule has 75 heavy (non-hydrogen) atoms. The SMILES string of the molecule is Cn1c2ccccc2c2c1c1c(c3ccc(Oc4[c-]c(-[n+]5[c-]n(-c6c(-c7ccccc7)cccc6-c6ccccc6)cc5)ccc4)[c-]c3n1-c1cc(C(C)(C)C)ccn1)c1c3ccccc3n(-c3ccccc3)c12.[Pt]. The van der Waals surface area contributed by atoms with E-state index in [0.717, 1.165) is 83.5 Å². The van der Waals surface area contributed by atoms with E-state index in [4.69, 9.17) is 9.72 Å². The second kappa shape index (κ2) is 18.0. The maximum absolute atomic E-state index is 6.85. The van der Waals surface area contributed by atoms with Crippen LogP contribution in [0.25, 0.3) is 111 Å². The minimum Gasteiger partial charge on any atom is -0.510 e. The summed E-state index contributed by atoms with van der Waals surface area (Å²) in [6.45, 7) is 6.75. The van der Waals surface area contributed by atoms with Gasteiger partial charge in [-0.05, 0) is 80.7 Å². The molecule has 9 aromatic carbocycles. The number of aryl methyl sites for hydroxylation is 1. The largest absolute Gasteiger partial charge is 0.510 e. The number of ether oxygens (including phenoxy) is 1. The first-order valence-electron chi connectivity index (χ1n) is 25.1. The van der Waals surface area contributed by atoms with Crippen LogP contribution in [0.15, 0.2) is 219 Å². The average Bonchev–Trinajstić information content (AvgIpc) is 4.42. The summed E-state index contributed by atoms with van der Waals surface area (Å²) in [5, 5.41) is 6.93. The third-order valence-electron chi connectivity index (χ3n) is 14.7. The topological polar surface area (TPSA) is 45.7 Å². The Morgan fingerprint density at radius 2 is 1.15 bits per heavy atom. The maximum atomic E-state index is 6.85. The van der Waals surface area contributed by atoms with Crippen LogP contribution in [0, 0.1) is 18.5 Å². The van der Waals surface area contributed by atoms with Gasteiger partial charge in [0.2, 0.25) is 0 Å². The minimum absolute atomic E-state index is 0. The fraction of sp³-hybridized carbons (Fsp3) is 0.0746. The summed E-state index contributed by atoms with van der Waals surface area (Å²) in [6, 6.07) is 77.9. The van der Waals surface area contributed by atoms with Crippen LogP contribution in [0.5, 0.6) is 11.5 Å². The van der Waals surface area contributed by atoms with Crippen LogP contribution in [0.1, 0.15) is 26.3 Å². The summed E-state index contributed by atoms with van der Waals surface area (Å²) in [4.78, 5) is 5.18. The van der Waals surface area contributed by atoms with E-state index in [9.17, 15) is 0 Å². The van der Waals surface area contributed by atoms with Crippen molar-refractivity contribution in [2.45, 2.75) is 26.2 Å². The molecule has 0 spiro atoms. The van der Waals surface area contributed by atoms with Gasteiger partial charge in [-0.15, -0.1) is 29.7 Å². The van der Waals surface area contributed by atoms with Crippen molar-refractivity contribution in [1.82, 2.24) is 23.3 Å². The number of benzene rings is 9. The van der Waals surface area contributed by atoms with Crippen molar-refractivity contribution in [3.63, 3.8) is 0 Å². The van der Waals surface area contributed by atoms with Crippen molar-refractivity contribution in [3.8, 4) is 56.6 Å². The van der Waals surface area contributed by atoms with Gasteiger partial charge in [0.05, 0.1) is 27.8 Å². The standard InChI is InChI=1S/C67H48N6O.Pt/c1-67(2,3)46-36-37-68-59(40-46)73-58-42-50(74-49-27-18-26-48(41-49)70-38-39-71(43-70)63-51(44-20-8-5-9-21-44)30-19-31-52(63)45-22-10-6-11-23-45)34-35-55(58)61-60-54-29-15-17-33-57(54)72(47-24-12-7-13-25-47)64(60)62-53-28-14-16-32-56(53)69(4)65(62)66(61)73;/h5-40H,1-4H3;/q-2;. The first-order valence-corrected chi connectivity index (χ1v) is 25.1. The summed E-state index contributed by atoms with van der Waals surface area (Å²) in [7, 11) is 2.20. The fourth-order valence-corrected chi connectivity index (χ4v) is 11.3. The quantitative estimate of drug-likeness (QED) is 0.112. The van der Waals surface area contributed by atoms with E-state index in [-0.39, 0.29) is 26.5 Å². The number of aromatic nitrogens is 6. The smallest absolute Gasteiger partial charge is 0.267 e. The number of fused-ring (bicyclic) bond motifs is 12. The first kappa shape index (κ1) is 46.0. The average molecular weight is 1150 g/mol. The molecule has 14 rings (SSSR count). The van der Waals surface area contributed by atoms with Crippen LogP contribution >= 0.6 is 0 Å². The maximum Gasteiger partial charge on any atom is 0.267 e. The first-order chi connectivity index (χ1) is 36.3. The molecule has 0 aliphatic carbocycles. The van der Waals surface area contributed by atoms with Crippen molar-refractivity contribution < 1.29 is 30.4 Å². The van der Waals surface area contributed by atoms with E-state index in [0.29, 0.717) is 11.5 Å². The molecule has 0 bridgehead atoms. The molecular weight excluding hydrogens is 1100 g/mol. The molecule has 364 valence electrons. The fourth-order valence-electron chi connectivity index (χ4n) is 11.3.